The van der Waals surface area contributed by atoms with E-state index >= 15 is 0 Å². The Bertz CT molecular complexity index is 273. The molecular formula is C9H13ClN2. The average molecular weight is 185 g/mol. The molecule has 1 atom stereocenters. The van der Waals surface area contributed by atoms with Crippen LogP contribution in [-0.2, 0) is 0 Å². The van der Waals surface area contributed by atoms with Gasteiger partial charge in [0.2, 0.25) is 0 Å². The Morgan fingerprint density at radius 2 is 2.17 bits per heavy atom. The SMILES string of the molecule is CNC(C)c1cc(N)ccc1Cl. The first-order valence-electron chi connectivity index (χ1n) is 3.87. The van der Waals surface area contributed by atoms with Crippen LogP contribution in [-0.4, -0.2) is 7.05 Å². The summed E-state index contributed by atoms with van der Waals surface area (Å²) in [5.74, 6) is 0. The fraction of sp³-hybridized carbons (Fsp3) is 0.333. The van der Waals surface area contributed by atoms with E-state index in [0.29, 0.717) is 0 Å². The van der Waals surface area contributed by atoms with Crippen LogP contribution in [0.2, 0.25) is 5.02 Å². The molecule has 0 heterocycles. The Hall–Kier alpha value is -0.730. The fourth-order valence-corrected chi connectivity index (χ4v) is 1.33. The van der Waals surface area contributed by atoms with Gasteiger partial charge in [0, 0.05) is 16.8 Å². The number of anilines is 1. The molecule has 0 amide bonds. The maximum absolute atomic E-state index is 5.97. The molecule has 0 spiro atoms. The third-order valence-corrected chi connectivity index (χ3v) is 2.26. The van der Waals surface area contributed by atoms with Crippen molar-refractivity contribution in [2.24, 2.45) is 0 Å². The highest BCUT2D eigenvalue weighted by Crippen LogP contribution is 2.24. The minimum absolute atomic E-state index is 0.237. The number of halogens is 1. The summed E-state index contributed by atoms with van der Waals surface area (Å²) in [5, 5.41) is 3.86. The summed E-state index contributed by atoms with van der Waals surface area (Å²) in [6, 6.07) is 5.75. The van der Waals surface area contributed by atoms with Crippen molar-refractivity contribution in [3.05, 3.63) is 28.8 Å². The summed E-state index contributed by atoms with van der Waals surface area (Å²) in [5.41, 5.74) is 7.42. The van der Waals surface area contributed by atoms with Crippen LogP contribution < -0.4 is 11.1 Å². The zero-order valence-electron chi connectivity index (χ0n) is 7.26. The van der Waals surface area contributed by atoms with Crippen LogP contribution in [0.3, 0.4) is 0 Å². The van der Waals surface area contributed by atoms with E-state index in [-0.39, 0.29) is 6.04 Å². The van der Waals surface area contributed by atoms with Crippen molar-refractivity contribution < 1.29 is 0 Å². The standard InChI is InChI=1S/C9H13ClN2/c1-6(12-2)8-5-7(11)3-4-9(8)10/h3-6,12H,11H2,1-2H3. The number of rotatable bonds is 2. The number of hydrogen-bond donors (Lipinski definition) is 2. The molecule has 2 nitrogen and oxygen atoms in total. The Balaban J connectivity index is 3.04. The smallest absolute Gasteiger partial charge is 0.0455 e. The first-order chi connectivity index (χ1) is 5.65. The zero-order chi connectivity index (χ0) is 9.14. The summed E-state index contributed by atoms with van der Waals surface area (Å²) in [7, 11) is 1.89. The normalized spacial score (nSPS) is 12.9. The molecule has 66 valence electrons. The van der Waals surface area contributed by atoms with Crippen LogP contribution in [0.25, 0.3) is 0 Å². The van der Waals surface area contributed by atoms with Crippen LogP contribution in [0.15, 0.2) is 18.2 Å². The van der Waals surface area contributed by atoms with E-state index in [0.717, 1.165) is 16.3 Å². The maximum atomic E-state index is 5.97. The van der Waals surface area contributed by atoms with Crippen LogP contribution in [0.1, 0.15) is 18.5 Å². The molecule has 3 heteroatoms. The Morgan fingerprint density at radius 1 is 1.50 bits per heavy atom. The van der Waals surface area contributed by atoms with Gasteiger partial charge in [0.15, 0.2) is 0 Å². The molecule has 0 saturated carbocycles. The first kappa shape index (κ1) is 9.36. The van der Waals surface area contributed by atoms with Crippen molar-refractivity contribution in [1.82, 2.24) is 5.32 Å². The molecule has 1 aromatic carbocycles. The first-order valence-corrected chi connectivity index (χ1v) is 4.25. The van der Waals surface area contributed by atoms with Crippen molar-refractivity contribution in [2.45, 2.75) is 13.0 Å². The van der Waals surface area contributed by atoms with Gasteiger partial charge in [-0.25, -0.2) is 0 Å². The van der Waals surface area contributed by atoms with E-state index in [2.05, 4.69) is 5.32 Å². The lowest BCUT2D eigenvalue weighted by Gasteiger charge is -2.12. The minimum Gasteiger partial charge on any atom is -0.399 e. The number of nitrogens with one attached hydrogen (secondary N) is 1. The van der Waals surface area contributed by atoms with Gasteiger partial charge in [0.05, 0.1) is 0 Å². The Morgan fingerprint density at radius 3 is 2.75 bits per heavy atom. The van der Waals surface area contributed by atoms with Crippen molar-refractivity contribution in [1.29, 1.82) is 0 Å². The molecule has 0 aliphatic rings. The van der Waals surface area contributed by atoms with Crippen LogP contribution >= 0.6 is 11.6 Å². The minimum atomic E-state index is 0.237. The van der Waals surface area contributed by atoms with Crippen LogP contribution in [0.5, 0.6) is 0 Å². The number of benzene rings is 1. The average Bonchev–Trinajstić information content (AvgIpc) is 2.08. The number of nitrogen functional groups attached to an aromatic ring is 1. The van der Waals surface area contributed by atoms with Crippen molar-refractivity contribution in [3.63, 3.8) is 0 Å². The molecule has 1 rings (SSSR count). The van der Waals surface area contributed by atoms with E-state index in [4.69, 9.17) is 17.3 Å². The molecule has 0 saturated heterocycles. The van der Waals surface area contributed by atoms with Gasteiger partial charge in [-0.1, -0.05) is 11.6 Å². The summed E-state index contributed by atoms with van der Waals surface area (Å²) in [4.78, 5) is 0. The fourth-order valence-electron chi connectivity index (χ4n) is 1.05. The van der Waals surface area contributed by atoms with Gasteiger partial charge in [0.1, 0.15) is 0 Å². The van der Waals surface area contributed by atoms with E-state index < -0.39 is 0 Å². The Kier molecular flexibility index (Phi) is 2.95. The topological polar surface area (TPSA) is 38.0 Å². The zero-order valence-corrected chi connectivity index (χ0v) is 8.02. The predicted octanol–water partition coefficient (Wildman–Crippen LogP) is 2.20. The van der Waals surface area contributed by atoms with E-state index in [1.165, 1.54) is 0 Å². The molecule has 0 aliphatic carbocycles. The van der Waals surface area contributed by atoms with Crippen LogP contribution in [0.4, 0.5) is 5.69 Å². The summed E-state index contributed by atoms with van der Waals surface area (Å²) < 4.78 is 0. The highest BCUT2D eigenvalue weighted by molar-refractivity contribution is 6.31. The van der Waals surface area contributed by atoms with Crippen molar-refractivity contribution in [2.75, 3.05) is 12.8 Å². The lowest BCUT2D eigenvalue weighted by Crippen LogP contribution is -2.12. The summed E-state index contributed by atoms with van der Waals surface area (Å²) in [6.07, 6.45) is 0. The van der Waals surface area contributed by atoms with Crippen molar-refractivity contribution >= 4 is 17.3 Å². The summed E-state index contributed by atoms with van der Waals surface area (Å²) >= 11 is 5.97. The summed E-state index contributed by atoms with van der Waals surface area (Å²) in [6.45, 7) is 2.04. The lowest BCUT2D eigenvalue weighted by atomic mass is 10.1. The monoisotopic (exact) mass is 184 g/mol. The van der Waals surface area contributed by atoms with Gasteiger partial charge in [-0.2, -0.15) is 0 Å². The molecule has 0 radical (unpaired) electrons. The molecular weight excluding hydrogens is 172 g/mol. The predicted molar refractivity (Wildman–Crippen MR) is 53.3 cm³/mol. The van der Waals surface area contributed by atoms with Crippen LogP contribution in [0, 0.1) is 0 Å². The van der Waals surface area contributed by atoms with Gasteiger partial charge in [-0.3, -0.25) is 0 Å². The van der Waals surface area contributed by atoms with E-state index in [1.54, 1.807) is 6.07 Å². The van der Waals surface area contributed by atoms with E-state index in [9.17, 15) is 0 Å². The molecule has 1 unspecified atom stereocenters. The third kappa shape index (κ3) is 1.90. The second-order valence-electron chi connectivity index (χ2n) is 2.79. The van der Waals surface area contributed by atoms with Gasteiger partial charge < -0.3 is 11.1 Å². The number of hydrogen-bond acceptors (Lipinski definition) is 2. The van der Waals surface area contributed by atoms with Crippen molar-refractivity contribution in [3.8, 4) is 0 Å². The molecule has 3 N–H and O–H groups in total. The highest BCUT2D eigenvalue weighted by Gasteiger charge is 2.06. The highest BCUT2D eigenvalue weighted by atomic mass is 35.5. The van der Waals surface area contributed by atoms with Gasteiger partial charge in [-0.05, 0) is 37.7 Å². The maximum Gasteiger partial charge on any atom is 0.0455 e. The second kappa shape index (κ2) is 3.78. The van der Waals surface area contributed by atoms with E-state index in [1.807, 2.05) is 26.1 Å². The van der Waals surface area contributed by atoms with Gasteiger partial charge in [-0.15, -0.1) is 0 Å². The molecule has 0 fully saturated rings. The third-order valence-electron chi connectivity index (χ3n) is 1.92. The van der Waals surface area contributed by atoms with Gasteiger partial charge in [0.25, 0.3) is 0 Å². The number of nitrogens with two attached hydrogens (primary N) is 1. The molecule has 12 heavy (non-hydrogen) atoms. The molecule has 0 aromatic heterocycles. The largest absolute Gasteiger partial charge is 0.399 e. The molecule has 0 aliphatic heterocycles. The molecule has 1 aromatic rings. The lowest BCUT2D eigenvalue weighted by molar-refractivity contribution is 0.653. The quantitative estimate of drug-likeness (QED) is 0.692. The molecule has 0 bridgehead atoms. The Labute approximate surface area is 77.7 Å². The van der Waals surface area contributed by atoms with Gasteiger partial charge >= 0.3 is 0 Å². The second-order valence-corrected chi connectivity index (χ2v) is 3.20.